The van der Waals surface area contributed by atoms with Crippen LogP contribution >= 0.6 is 24.0 Å². The second kappa shape index (κ2) is 8.82. The molecule has 3 rings (SSSR count). The molecule has 4 nitrogen and oxygen atoms in total. The average molecular weight is 390 g/mol. The van der Waals surface area contributed by atoms with Gasteiger partial charge in [0.2, 0.25) is 0 Å². The first kappa shape index (κ1) is 19.1. The van der Waals surface area contributed by atoms with Gasteiger partial charge in [-0.15, -0.1) is 0 Å². The number of thioether (sulfide) groups is 1. The van der Waals surface area contributed by atoms with E-state index in [9.17, 15) is 9.59 Å². The van der Waals surface area contributed by atoms with Crippen LogP contribution < -0.4 is 0 Å². The van der Waals surface area contributed by atoms with Gasteiger partial charge in [-0.2, -0.15) is 0 Å². The molecule has 1 saturated carbocycles. The van der Waals surface area contributed by atoms with E-state index in [1.165, 1.54) is 28.6 Å². The molecule has 0 radical (unpaired) electrons. The van der Waals surface area contributed by atoms with Crippen LogP contribution in [0.3, 0.4) is 0 Å². The van der Waals surface area contributed by atoms with Gasteiger partial charge in [-0.1, -0.05) is 61.6 Å². The van der Waals surface area contributed by atoms with Gasteiger partial charge in [-0.3, -0.25) is 14.5 Å². The van der Waals surface area contributed by atoms with E-state index in [4.69, 9.17) is 17.0 Å². The van der Waals surface area contributed by atoms with E-state index in [1.807, 2.05) is 30.3 Å². The minimum Gasteiger partial charge on any atom is -0.461 e. The molecule has 6 heteroatoms. The summed E-state index contributed by atoms with van der Waals surface area (Å²) in [5.74, 6) is -0.595. The van der Waals surface area contributed by atoms with E-state index in [2.05, 4.69) is 6.92 Å². The summed E-state index contributed by atoms with van der Waals surface area (Å²) in [7, 11) is 0. The van der Waals surface area contributed by atoms with Crippen molar-refractivity contribution in [3.8, 4) is 0 Å². The smallest absolute Gasteiger partial charge is 0.326 e. The van der Waals surface area contributed by atoms with Crippen molar-refractivity contribution in [2.45, 2.75) is 51.6 Å². The standard InChI is InChI=1S/C20H23NO3S2/c1-2-14-8-10-15(11-9-14)12-17-19(23)21(20(25)26-17)13-18(22)24-16-6-4-3-5-7-16/h8-12,16H,2-7,13H2,1H3/b17-12-. The molecule has 0 spiro atoms. The Morgan fingerprint density at radius 2 is 1.96 bits per heavy atom. The van der Waals surface area contributed by atoms with Gasteiger partial charge in [-0.25, -0.2) is 0 Å². The van der Waals surface area contributed by atoms with Gasteiger partial charge >= 0.3 is 5.97 Å². The Balaban J connectivity index is 1.62. The predicted octanol–water partition coefficient (Wildman–Crippen LogP) is 4.33. The molecule has 26 heavy (non-hydrogen) atoms. The van der Waals surface area contributed by atoms with Crippen LogP contribution in [0.1, 0.15) is 50.2 Å². The van der Waals surface area contributed by atoms with Crippen LogP contribution in [-0.4, -0.2) is 33.7 Å². The zero-order valence-corrected chi connectivity index (χ0v) is 16.5. The van der Waals surface area contributed by atoms with Gasteiger partial charge in [0, 0.05) is 0 Å². The molecule has 1 heterocycles. The number of hydrogen-bond acceptors (Lipinski definition) is 5. The first-order valence-corrected chi connectivity index (χ1v) is 10.3. The molecule has 1 aliphatic heterocycles. The highest BCUT2D eigenvalue weighted by Gasteiger charge is 2.34. The van der Waals surface area contributed by atoms with Crippen LogP contribution in [0.5, 0.6) is 0 Å². The third-order valence-electron chi connectivity index (χ3n) is 4.70. The van der Waals surface area contributed by atoms with E-state index in [1.54, 1.807) is 0 Å². The highest BCUT2D eigenvalue weighted by Crippen LogP contribution is 2.32. The highest BCUT2D eigenvalue weighted by atomic mass is 32.2. The molecular formula is C20H23NO3S2. The highest BCUT2D eigenvalue weighted by molar-refractivity contribution is 8.26. The maximum Gasteiger partial charge on any atom is 0.326 e. The fraction of sp³-hybridized carbons (Fsp3) is 0.450. The molecule has 1 saturated heterocycles. The Kier molecular flexibility index (Phi) is 6.48. The lowest BCUT2D eigenvalue weighted by Crippen LogP contribution is -2.36. The van der Waals surface area contributed by atoms with E-state index in [-0.39, 0.29) is 24.5 Å². The molecule has 0 N–H and O–H groups in total. The molecule has 1 amide bonds. The fourth-order valence-electron chi connectivity index (χ4n) is 3.17. The third-order valence-corrected chi connectivity index (χ3v) is 6.07. The van der Waals surface area contributed by atoms with Gasteiger partial charge in [0.15, 0.2) is 0 Å². The molecule has 1 aromatic rings. The quantitative estimate of drug-likeness (QED) is 0.426. The molecule has 2 aliphatic rings. The second-order valence-corrected chi connectivity index (χ2v) is 8.29. The number of benzene rings is 1. The monoisotopic (exact) mass is 389 g/mol. The lowest BCUT2D eigenvalue weighted by atomic mass is 9.98. The summed E-state index contributed by atoms with van der Waals surface area (Å²) in [5.41, 5.74) is 2.20. The van der Waals surface area contributed by atoms with Crippen LogP contribution in [0, 0.1) is 0 Å². The Labute approximate surface area is 164 Å². The Bertz CT molecular complexity index is 721. The maximum atomic E-state index is 12.6. The van der Waals surface area contributed by atoms with Crippen molar-refractivity contribution >= 4 is 46.3 Å². The summed E-state index contributed by atoms with van der Waals surface area (Å²) in [4.78, 5) is 26.7. The molecule has 1 aliphatic carbocycles. The van der Waals surface area contributed by atoms with Gasteiger partial charge in [0.05, 0.1) is 4.91 Å². The number of esters is 1. The molecule has 2 fully saturated rings. The normalized spacial score (nSPS) is 20.0. The van der Waals surface area contributed by atoms with E-state index < -0.39 is 0 Å². The summed E-state index contributed by atoms with van der Waals surface area (Å²) < 4.78 is 5.92. The Hall–Kier alpha value is -1.66. The molecule has 1 aromatic carbocycles. The topological polar surface area (TPSA) is 46.6 Å². The minimum absolute atomic E-state index is 0.0118. The summed E-state index contributed by atoms with van der Waals surface area (Å²) in [6, 6.07) is 8.08. The van der Waals surface area contributed by atoms with Crippen LogP contribution in [-0.2, 0) is 20.7 Å². The van der Waals surface area contributed by atoms with Gasteiger partial charge in [0.1, 0.15) is 17.0 Å². The minimum atomic E-state index is -0.373. The third kappa shape index (κ3) is 4.74. The van der Waals surface area contributed by atoms with Gasteiger partial charge in [-0.05, 0) is 49.3 Å². The van der Waals surface area contributed by atoms with Gasteiger partial charge in [0.25, 0.3) is 5.91 Å². The summed E-state index contributed by atoms with van der Waals surface area (Å²) in [5, 5.41) is 0. The molecular weight excluding hydrogens is 366 g/mol. The molecule has 0 unspecified atom stereocenters. The van der Waals surface area contributed by atoms with Crippen molar-refractivity contribution in [1.29, 1.82) is 0 Å². The zero-order valence-electron chi connectivity index (χ0n) is 14.9. The van der Waals surface area contributed by atoms with Gasteiger partial charge < -0.3 is 4.74 Å². The number of carbonyl (C=O) groups is 2. The molecule has 138 valence electrons. The number of amides is 1. The van der Waals surface area contributed by atoms with Crippen LogP contribution in [0.25, 0.3) is 6.08 Å². The SMILES string of the molecule is CCc1ccc(/C=C2\SC(=S)N(CC(=O)OC3CCCCC3)C2=O)cc1. The van der Waals surface area contributed by atoms with Crippen molar-refractivity contribution in [2.75, 3.05) is 6.54 Å². The lowest BCUT2D eigenvalue weighted by Gasteiger charge is -2.23. The van der Waals surface area contributed by atoms with E-state index >= 15 is 0 Å². The predicted molar refractivity (Wildman–Crippen MR) is 109 cm³/mol. The van der Waals surface area contributed by atoms with Crippen LogP contribution in [0.2, 0.25) is 0 Å². The van der Waals surface area contributed by atoms with Crippen molar-refractivity contribution in [3.63, 3.8) is 0 Å². The zero-order chi connectivity index (χ0) is 18.5. The second-order valence-electron chi connectivity index (χ2n) is 6.61. The number of hydrogen-bond donors (Lipinski definition) is 0. The maximum absolute atomic E-state index is 12.6. The summed E-state index contributed by atoms with van der Waals surface area (Å²) in [6.45, 7) is 2.00. The number of thiocarbonyl (C=S) groups is 1. The Morgan fingerprint density at radius 1 is 1.27 bits per heavy atom. The number of nitrogens with zero attached hydrogens (tertiary/aromatic N) is 1. The largest absolute Gasteiger partial charge is 0.461 e. The molecule has 0 bridgehead atoms. The van der Waals surface area contributed by atoms with Crippen LogP contribution in [0.15, 0.2) is 29.2 Å². The summed E-state index contributed by atoms with van der Waals surface area (Å²) >= 11 is 6.53. The van der Waals surface area contributed by atoms with Crippen molar-refractivity contribution in [3.05, 3.63) is 40.3 Å². The number of ether oxygens (including phenoxy) is 1. The van der Waals surface area contributed by atoms with Crippen LogP contribution in [0.4, 0.5) is 0 Å². The summed E-state index contributed by atoms with van der Waals surface area (Å²) in [6.07, 6.45) is 8.01. The van der Waals surface area contributed by atoms with Crippen molar-refractivity contribution in [1.82, 2.24) is 4.90 Å². The number of rotatable bonds is 5. The number of carbonyl (C=O) groups excluding carboxylic acids is 2. The molecule has 0 atom stereocenters. The van der Waals surface area contributed by atoms with Crippen molar-refractivity contribution < 1.29 is 14.3 Å². The Morgan fingerprint density at radius 3 is 2.62 bits per heavy atom. The lowest BCUT2D eigenvalue weighted by molar-refractivity contribution is -0.152. The number of aryl methyl sites for hydroxylation is 1. The first-order chi connectivity index (χ1) is 12.6. The van der Waals surface area contributed by atoms with E-state index in [0.29, 0.717) is 9.23 Å². The fourth-order valence-corrected chi connectivity index (χ4v) is 4.43. The average Bonchev–Trinajstić information content (AvgIpc) is 2.90. The first-order valence-electron chi connectivity index (χ1n) is 9.10. The van der Waals surface area contributed by atoms with Crippen molar-refractivity contribution in [2.24, 2.45) is 0 Å². The molecule has 0 aromatic heterocycles. The van der Waals surface area contributed by atoms with E-state index in [0.717, 1.165) is 37.7 Å².